The average Bonchev–Trinajstić information content (AvgIpc) is 2.37. The maximum atomic E-state index is 6.09. The molecule has 1 aliphatic carbocycles. The van der Waals surface area contributed by atoms with E-state index in [4.69, 9.17) is 15.2 Å². The number of anilines is 1. The van der Waals surface area contributed by atoms with Crippen molar-refractivity contribution in [2.75, 3.05) is 12.3 Å². The summed E-state index contributed by atoms with van der Waals surface area (Å²) in [6, 6.07) is 3.64. The van der Waals surface area contributed by atoms with E-state index in [2.05, 4.69) is 32.7 Å². The minimum atomic E-state index is 0.221. The van der Waals surface area contributed by atoms with Gasteiger partial charge in [0.05, 0.1) is 12.3 Å². The second-order valence-corrected chi connectivity index (χ2v) is 7.05. The van der Waals surface area contributed by atoms with Gasteiger partial charge in [-0.3, -0.25) is 0 Å². The maximum Gasteiger partial charge on any atom is 0.240 e. The molecule has 0 amide bonds. The van der Waals surface area contributed by atoms with Crippen LogP contribution >= 0.6 is 0 Å². The molecule has 21 heavy (non-hydrogen) atoms. The first-order chi connectivity index (χ1) is 9.89. The Bertz CT molecular complexity index is 474. The Morgan fingerprint density at radius 2 is 2.10 bits per heavy atom. The molecule has 0 bridgehead atoms. The van der Waals surface area contributed by atoms with Crippen molar-refractivity contribution in [1.29, 1.82) is 0 Å². The zero-order chi connectivity index (χ0) is 15.5. The second-order valence-electron chi connectivity index (χ2n) is 7.05. The van der Waals surface area contributed by atoms with Gasteiger partial charge in [-0.05, 0) is 43.1 Å². The van der Waals surface area contributed by atoms with Crippen LogP contribution in [0.4, 0.5) is 5.69 Å². The van der Waals surface area contributed by atoms with Gasteiger partial charge < -0.3 is 15.2 Å². The van der Waals surface area contributed by atoms with Gasteiger partial charge in [-0.25, -0.2) is 0 Å². The third-order valence-electron chi connectivity index (χ3n) is 3.94. The van der Waals surface area contributed by atoms with Gasteiger partial charge in [0, 0.05) is 6.07 Å². The van der Waals surface area contributed by atoms with Crippen molar-refractivity contribution in [2.45, 2.75) is 59.5 Å². The zero-order valence-electron chi connectivity index (χ0n) is 13.7. The standard InChI is InChI=1S/C17H28N2O2/c1-5-8-20-16-14(18)6-7-15(19-16)21-13-9-12(2)10-17(3,4)11-13/h6-7,12-13H,5,8-11,18H2,1-4H3. The Kier molecular flexibility index (Phi) is 4.96. The molecule has 1 fully saturated rings. The van der Waals surface area contributed by atoms with Gasteiger partial charge in [-0.1, -0.05) is 27.7 Å². The van der Waals surface area contributed by atoms with Crippen LogP contribution in [0.25, 0.3) is 0 Å². The SMILES string of the molecule is CCCOc1nc(OC2CC(C)CC(C)(C)C2)ccc1N. The summed E-state index contributed by atoms with van der Waals surface area (Å²) in [5.41, 5.74) is 6.78. The monoisotopic (exact) mass is 292 g/mol. The highest BCUT2D eigenvalue weighted by molar-refractivity contribution is 5.49. The molecule has 0 aromatic carbocycles. The lowest BCUT2D eigenvalue weighted by Crippen LogP contribution is -2.34. The van der Waals surface area contributed by atoms with Crippen LogP contribution < -0.4 is 15.2 Å². The van der Waals surface area contributed by atoms with Crippen LogP contribution in [-0.2, 0) is 0 Å². The van der Waals surface area contributed by atoms with Gasteiger partial charge in [0.1, 0.15) is 6.10 Å². The summed E-state index contributed by atoms with van der Waals surface area (Å²) in [5.74, 6) is 1.78. The predicted molar refractivity (Wildman–Crippen MR) is 85.6 cm³/mol. The number of pyridine rings is 1. The molecule has 1 aromatic rings. The van der Waals surface area contributed by atoms with Crippen molar-refractivity contribution in [2.24, 2.45) is 11.3 Å². The number of hydrogen-bond donors (Lipinski definition) is 1. The van der Waals surface area contributed by atoms with E-state index >= 15 is 0 Å². The number of nitrogen functional groups attached to an aromatic ring is 1. The first-order valence-electron chi connectivity index (χ1n) is 7.95. The molecule has 0 radical (unpaired) electrons. The molecule has 1 aromatic heterocycles. The van der Waals surface area contributed by atoms with Gasteiger partial charge in [0.15, 0.2) is 0 Å². The maximum absolute atomic E-state index is 6.09. The van der Waals surface area contributed by atoms with Crippen molar-refractivity contribution >= 4 is 5.69 Å². The summed E-state index contributed by atoms with van der Waals surface area (Å²) < 4.78 is 11.7. The minimum absolute atomic E-state index is 0.221. The molecule has 1 aliphatic rings. The molecule has 0 saturated heterocycles. The van der Waals surface area contributed by atoms with Crippen molar-refractivity contribution in [3.8, 4) is 11.8 Å². The molecule has 4 nitrogen and oxygen atoms in total. The molecule has 0 aliphatic heterocycles. The topological polar surface area (TPSA) is 57.4 Å². The van der Waals surface area contributed by atoms with Gasteiger partial charge in [-0.15, -0.1) is 0 Å². The van der Waals surface area contributed by atoms with Crippen LogP contribution in [0.2, 0.25) is 0 Å². The first-order valence-corrected chi connectivity index (χ1v) is 7.95. The third-order valence-corrected chi connectivity index (χ3v) is 3.94. The van der Waals surface area contributed by atoms with Gasteiger partial charge in [0.25, 0.3) is 0 Å². The highest BCUT2D eigenvalue weighted by atomic mass is 16.5. The van der Waals surface area contributed by atoms with Crippen molar-refractivity contribution in [3.05, 3.63) is 12.1 Å². The molecule has 1 saturated carbocycles. The van der Waals surface area contributed by atoms with Crippen LogP contribution in [0, 0.1) is 11.3 Å². The van der Waals surface area contributed by atoms with Crippen LogP contribution in [0.3, 0.4) is 0 Å². The van der Waals surface area contributed by atoms with Crippen molar-refractivity contribution < 1.29 is 9.47 Å². The summed E-state index contributed by atoms with van der Waals surface area (Å²) in [7, 11) is 0. The van der Waals surface area contributed by atoms with E-state index in [9.17, 15) is 0 Å². The number of aromatic nitrogens is 1. The molecule has 118 valence electrons. The molecule has 4 heteroatoms. The lowest BCUT2D eigenvalue weighted by atomic mass is 9.71. The number of ether oxygens (including phenoxy) is 2. The average molecular weight is 292 g/mol. The van der Waals surface area contributed by atoms with E-state index in [-0.39, 0.29) is 6.10 Å². The molecule has 1 heterocycles. The van der Waals surface area contributed by atoms with Gasteiger partial charge in [0.2, 0.25) is 11.8 Å². The van der Waals surface area contributed by atoms with Crippen LogP contribution in [0.1, 0.15) is 53.4 Å². The van der Waals surface area contributed by atoms with Gasteiger partial charge >= 0.3 is 0 Å². The van der Waals surface area contributed by atoms with Crippen LogP contribution in [0.15, 0.2) is 12.1 Å². The molecule has 2 rings (SSSR count). The van der Waals surface area contributed by atoms with E-state index in [1.54, 1.807) is 0 Å². The fraction of sp³-hybridized carbons (Fsp3) is 0.706. The summed E-state index contributed by atoms with van der Waals surface area (Å²) in [6.07, 6.45) is 4.56. The van der Waals surface area contributed by atoms with E-state index in [0.29, 0.717) is 35.4 Å². The Balaban J connectivity index is 2.05. The van der Waals surface area contributed by atoms with Crippen molar-refractivity contribution in [3.63, 3.8) is 0 Å². The Morgan fingerprint density at radius 3 is 2.76 bits per heavy atom. The van der Waals surface area contributed by atoms with Crippen molar-refractivity contribution in [1.82, 2.24) is 4.98 Å². The fourth-order valence-corrected chi connectivity index (χ4v) is 3.33. The second kappa shape index (κ2) is 6.54. The quantitative estimate of drug-likeness (QED) is 0.889. The molecular formula is C17H28N2O2. The lowest BCUT2D eigenvalue weighted by Gasteiger charge is -2.38. The lowest BCUT2D eigenvalue weighted by molar-refractivity contribution is 0.0528. The molecule has 2 unspecified atom stereocenters. The predicted octanol–water partition coefficient (Wildman–Crippen LogP) is 4.05. The number of hydrogen-bond acceptors (Lipinski definition) is 4. The van der Waals surface area contributed by atoms with E-state index in [1.807, 2.05) is 12.1 Å². The largest absolute Gasteiger partial charge is 0.476 e. The molecular weight excluding hydrogens is 264 g/mol. The smallest absolute Gasteiger partial charge is 0.240 e. The van der Waals surface area contributed by atoms with E-state index in [1.165, 1.54) is 6.42 Å². The summed E-state index contributed by atoms with van der Waals surface area (Å²) in [5, 5.41) is 0. The van der Waals surface area contributed by atoms with Gasteiger partial charge in [-0.2, -0.15) is 4.98 Å². The number of rotatable bonds is 5. The molecule has 2 atom stereocenters. The highest BCUT2D eigenvalue weighted by Crippen LogP contribution is 2.40. The number of nitrogens with zero attached hydrogens (tertiary/aromatic N) is 1. The number of nitrogens with two attached hydrogens (primary N) is 1. The minimum Gasteiger partial charge on any atom is -0.476 e. The Hall–Kier alpha value is -1.45. The fourth-order valence-electron chi connectivity index (χ4n) is 3.33. The Morgan fingerprint density at radius 1 is 1.33 bits per heavy atom. The normalized spacial score (nSPS) is 24.6. The summed E-state index contributed by atoms with van der Waals surface area (Å²) in [6.45, 7) is 9.59. The van der Waals surface area contributed by atoms with Crippen LogP contribution in [0.5, 0.6) is 11.8 Å². The van der Waals surface area contributed by atoms with E-state index < -0.39 is 0 Å². The van der Waals surface area contributed by atoms with Crippen LogP contribution in [-0.4, -0.2) is 17.7 Å². The third kappa shape index (κ3) is 4.51. The van der Waals surface area contributed by atoms with E-state index in [0.717, 1.165) is 19.3 Å². The zero-order valence-corrected chi connectivity index (χ0v) is 13.7. The summed E-state index contributed by atoms with van der Waals surface area (Å²) in [4.78, 5) is 4.41. The summed E-state index contributed by atoms with van der Waals surface area (Å²) >= 11 is 0. The molecule has 2 N–H and O–H groups in total. The highest BCUT2D eigenvalue weighted by Gasteiger charge is 2.33. The first kappa shape index (κ1) is 15.9. The molecule has 0 spiro atoms. The Labute approximate surface area is 128 Å².